The largest absolute Gasteiger partial charge is 0.481 e. The molecule has 3 rings (SSSR count). The maximum atomic E-state index is 12.6. The first kappa shape index (κ1) is 18.5. The predicted octanol–water partition coefficient (Wildman–Crippen LogP) is 4.83. The number of carbonyl (C=O) groups excluding carboxylic acids is 1. The summed E-state index contributed by atoms with van der Waals surface area (Å²) in [4.78, 5) is 12.6. The van der Waals surface area contributed by atoms with Crippen molar-refractivity contribution in [3.8, 4) is 5.75 Å². The van der Waals surface area contributed by atoms with Crippen molar-refractivity contribution in [2.75, 3.05) is 0 Å². The summed E-state index contributed by atoms with van der Waals surface area (Å²) in [7, 11) is 0. The van der Waals surface area contributed by atoms with Gasteiger partial charge in [-0.2, -0.15) is 0 Å². The fourth-order valence-corrected chi connectivity index (χ4v) is 3.55. The molecule has 2 aromatic rings. The van der Waals surface area contributed by atoms with Crippen LogP contribution in [-0.4, -0.2) is 12.0 Å². The number of rotatable bonds is 5. The van der Waals surface area contributed by atoms with Crippen molar-refractivity contribution >= 4 is 5.91 Å². The highest BCUT2D eigenvalue weighted by Crippen LogP contribution is 2.30. The number of amides is 1. The molecule has 0 fully saturated rings. The van der Waals surface area contributed by atoms with Crippen LogP contribution < -0.4 is 10.1 Å². The molecule has 1 N–H and O–H groups in total. The Labute approximate surface area is 156 Å². The van der Waals surface area contributed by atoms with Crippen molar-refractivity contribution in [1.29, 1.82) is 0 Å². The van der Waals surface area contributed by atoms with Crippen molar-refractivity contribution < 1.29 is 9.53 Å². The van der Waals surface area contributed by atoms with Crippen LogP contribution in [0.25, 0.3) is 0 Å². The van der Waals surface area contributed by atoms with Crippen LogP contribution in [0, 0.1) is 13.8 Å². The molecule has 0 bridgehead atoms. The minimum atomic E-state index is -0.516. The van der Waals surface area contributed by atoms with Crippen molar-refractivity contribution in [3.63, 3.8) is 0 Å². The predicted molar refractivity (Wildman–Crippen MR) is 106 cm³/mol. The van der Waals surface area contributed by atoms with Gasteiger partial charge in [-0.05, 0) is 87.3 Å². The highest BCUT2D eigenvalue weighted by molar-refractivity contribution is 5.81. The second-order valence-corrected chi connectivity index (χ2v) is 7.43. The Morgan fingerprint density at radius 3 is 2.58 bits per heavy atom. The molecule has 1 amide bonds. The van der Waals surface area contributed by atoms with E-state index in [4.69, 9.17) is 4.74 Å². The second-order valence-electron chi connectivity index (χ2n) is 7.43. The lowest BCUT2D eigenvalue weighted by molar-refractivity contribution is -0.127. The van der Waals surface area contributed by atoms with Crippen LogP contribution in [0.2, 0.25) is 0 Å². The Hall–Kier alpha value is -2.29. The summed E-state index contributed by atoms with van der Waals surface area (Å²) in [5, 5.41) is 3.08. The zero-order valence-electron chi connectivity index (χ0n) is 16.3. The summed E-state index contributed by atoms with van der Waals surface area (Å²) < 4.78 is 6.04. The Morgan fingerprint density at radius 1 is 1.04 bits per heavy atom. The molecule has 0 saturated heterocycles. The number of carbonyl (C=O) groups is 1. The van der Waals surface area contributed by atoms with Gasteiger partial charge in [-0.25, -0.2) is 0 Å². The van der Waals surface area contributed by atoms with E-state index in [0.717, 1.165) is 24.2 Å². The van der Waals surface area contributed by atoms with E-state index in [9.17, 15) is 4.79 Å². The molecule has 0 heterocycles. The van der Waals surface area contributed by atoms with Crippen molar-refractivity contribution in [2.45, 2.75) is 65.5 Å². The van der Waals surface area contributed by atoms with Gasteiger partial charge in [-0.1, -0.05) is 30.3 Å². The standard InChI is InChI=1S/C23H29NO2/c1-15-12-13-20(14-16(15)2)17(3)24-23(25)18(4)26-22-11-7-9-19-8-5-6-10-21(19)22/h7,9,11-14,17-18H,5-6,8,10H2,1-4H3,(H,24,25). The minimum Gasteiger partial charge on any atom is -0.481 e. The van der Waals surface area contributed by atoms with Gasteiger partial charge in [0, 0.05) is 0 Å². The molecule has 0 spiro atoms. The molecule has 0 aliphatic heterocycles. The third kappa shape index (κ3) is 4.09. The first-order valence-electron chi connectivity index (χ1n) is 9.60. The van der Waals surface area contributed by atoms with Crippen LogP contribution >= 0.6 is 0 Å². The topological polar surface area (TPSA) is 38.3 Å². The molecule has 26 heavy (non-hydrogen) atoms. The van der Waals surface area contributed by atoms with Gasteiger partial charge in [0.05, 0.1) is 6.04 Å². The number of hydrogen-bond acceptors (Lipinski definition) is 2. The van der Waals surface area contributed by atoms with E-state index < -0.39 is 6.10 Å². The van der Waals surface area contributed by atoms with Crippen LogP contribution in [0.15, 0.2) is 36.4 Å². The highest BCUT2D eigenvalue weighted by atomic mass is 16.5. The molecule has 2 aromatic carbocycles. The lowest BCUT2D eigenvalue weighted by atomic mass is 9.91. The average Bonchev–Trinajstić information content (AvgIpc) is 2.64. The normalized spacial score (nSPS) is 15.7. The molecule has 2 atom stereocenters. The first-order chi connectivity index (χ1) is 12.5. The third-order valence-electron chi connectivity index (χ3n) is 5.42. The monoisotopic (exact) mass is 351 g/mol. The number of hydrogen-bond donors (Lipinski definition) is 1. The summed E-state index contributed by atoms with van der Waals surface area (Å²) in [6, 6.07) is 12.5. The zero-order valence-corrected chi connectivity index (χ0v) is 16.3. The van der Waals surface area contributed by atoms with Crippen molar-refractivity contribution in [2.24, 2.45) is 0 Å². The van der Waals surface area contributed by atoms with E-state index in [0.29, 0.717) is 0 Å². The molecule has 138 valence electrons. The smallest absolute Gasteiger partial charge is 0.261 e. The van der Waals surface area contributed by atoms with Crippen molar-refractivity contribution in [1.82, 2.24) is 5.32 Å². The fourth-order valence-electron chi connectivity index (χ4n) is 3.55. The van der Waals surface area contributed by atoms with E-state index in [1.54, 1.807) is 0 Å². The maximum Gasteiger partial charge on any atom is 0.261 e. The number of aryl methyl sites for hydroxylation is 3. The van der Waals surface area contributed by atoms with E-state index in [-0.39, 0.29) is 11.9 Å². The summed E-state index contributed by atoms with van der Waals surface area (Å²) in [6.45, 7) is 8.03. The van der Waals surface area contributed by atoms with Gasteiger partial charge in [-0.3, -0.25) is 4.79 Å². The van der Waals surface area contributed by atoms with Crippen LogP contribution in [-0.2, 0) is 17.6 Å². The molecular weight excluding hydrogens is 322 g/mol. The zero-order chi connectivity index (χ0) is 18.7. The number of ether oxygens (including phenoxy) is 1. The van der Waals surface area contributed by atoms with Gasteiger partial charge in [-0.15, -0.1) is 0 Å². The summed E-state index contributed by atoms with van der Waals surface area (Å²) in [6.07, 6.45) is 4.06. The van der Waals surface area contributed by atoms with Gasteiger partial charge in [0.25, 0.3) is 5.91 Å². The van der Waals surface area contributed by atoms with Gasteiger partial charge in [0.1, 0.15) is 5.75 Å². The van der Waals surface area contributed by atoms with Crippen LogP contribution in [0.4, 0.5) is 0 Å². The molecule has 3 heteroatoms. The maximum absolute atomic E-state index is 12.6. The third-order valence-corrected chi connectivity index (χ3v) is 5.42. The van der Waals surface area contributed by atoms with Gasteiger partial charge < -0.3 is 10.1 Å². The Balaban J connectivity index is 1.65. The molecule has 0 saturated carbocycles. The molecule has 0 aromatic heterocycles. The number of benzene rings is 2. The molecule has 0 radical (unpaired) electrons. The second kappa shape index (κ2) is 7.94. The van der Waals surface area contributed by atoms with Crippen molar-refractivity contribution in [3.05, 3.63) is 64.2 Å². The van der Waals surface area contributed by atoms with Gasteiger partial charge >= 0.3 is 0 Å². The van der Waals surface area contributed by atoms with E-state index in [1.807, 2.05) is 26.0 Å². The molecular formula is C23H29NO2. The molecule has 1 aliphatic carbocycles. The summed E-state index contributed by atoms with van der Waals surface area (Å²) in [5.74, 6) is 0.785. The summed E-state index contributed by atoms with van der Waals surface area (Å²) in [5.41, 5.74) is 6.26. The minimum absolute atomic E-state index is 0.0439. The van der Waals surface area contributed by atoms with E-state index >= 15 is 0 Å². The average molecular weight is 351 g/mol. The molecule has 1 aliphatic rings. The lowest BCUT2D eigenvalue weighted by Crippen LogP contribution is -2.38. The number of nitrogens with one attached hydrogen (secondary N) is 1. The quantitative estimate of drug-likeness (QED) is 0.838. The first-order valence-corrected chi connectivity index (χ1v) is 9.60. The summed E-state index contributed by atoms with van der Waals surface area (Å²) >= 11 is 0. The van der Waals surface area contributed by atoms with Crippen LogP contribution in [0.3, 0.4) is 0 Å². The lowest BCUT2D eigenvalue weighted by Gasteiger charge is -2.23. The Kier molecular flexibility index (Phi) is 5.65. The van der Waals surface area contributed by atoms with Gasteiger partial charge in [0.2, 0.25) is 0 Å². The molecule has 2 unspecified atom stereocenters. The molecule has 3 nitrogen and oxygen atoms in total. The van der Waals surface area contributed by atoms with Crippen LogP contribution in [0.5, 0.6) is 5.75 Å². The van der Waals surface area contributed by atoms with Crippen LogP contribution in [0.1, 0.15) is 60.5 Å². The van der Waals surface area contributed by atoms with E-state index in [2.05, 4.69) is 43.4 Å². The SMILES string of the molecule is Cc1ccc(C(C)NC(=O)C(C)Oc2cccc3c2CCCC3)cc1C. The Bertz CT molecular complexity index is 797. The highest BCUT2D eigenvalue weighted by Gasteiger charge is 2.21. The number of fused-ring (bicyclic) bond motifs is 1. The van der Waals surface area contributed by atoms with E-state index in [1.165, 1.54) is 35.1 Å². The van der Waals surface area contributed by atoms with Gasteiger partial charge in [0.15, 0.2) is 6.10 Å². The Morgan fingerprint density at radius 2 is 1.81 bits per heavy atom. The fraction of sp³-hybridized carbons (Fsp3) is 0.435.